The van der Waals surface area contributed by atoms with Crippen LogP contribution in [-0.4, -0.2) is 41.9 Å². The monoisotopic (exact) mass is 476 g/mol. The van der Waals surface area contributed by atoms with E-state index in [0.29, 0.717) is 23.8 Å². The first-order valence-electron chi connectivity index (χ1n) is 9.77. The Morgan fingerprint density at radius 1 is 1.03 bits per heavy atom. The lowest BCUT2D eigenvalue weighted by Gasteiger charge is -2.18. The highest BCUT2D eigenvalue weighted by Gasteiger charge is 2.21. The lowest BCUT2D eigenvalue weighted by atomic mass is 10.2. The average molecular weight is 477 g/mol. The van der Waals surface area contributed by atoms with E-state index in [2.05, 4.69) is 39.8 Å². The summed E-state index contributed by atoms with van der Waals surface area (Å²) < 4.78 is 27.2. The number of hydrogen-bond donors (Lipinski definition) is 1. The molecule has 0 saturated carbocycles. The molecule has 0 saturated heterocycles. The van der Waals surface area contributed by atoms with Crippen molar-refractivity contribution in [3.05, 3.63) is 65.2 Å². The molecule has 0 atom stereocenters. The average Bonchev–Trinajstić information content (AvgIpc) is 3.21. The molecule has 164 valence electrons. The first-order chi connectivity index (χ1) is 14.8. The molecule has 0 aliphatic heterocycles. The van der Waals surface area contributed by atoms with E-state index >= 15 is 0 Å². The number of nitrogens with one attached hydrogen (secondary N) is 1. The highest BCUT2D eigenvalue weighted by molar-refractivity contribution is 8.00. The first kappa shape index (κ1) is 23.4. The van der Waals surface area contributed by atoms with Gasteiger partial charge in [0.25, 0.3) is 5.91 Å². The van der Waals surface area contributed by atoms with Gasteiger partial charge < -0.3 is 0 Å². The zero-order valence-corrected chi connectivity index (χ0v) is 20.0. The number of rotatable bonds is 9. The van der Waals surface area contributed by atoms with Crippen LogP contribution in [0.25, 0.3) is 0 Å². The fourth-order valence-electron chi connectivity index (χ4n) is 2.81. The second-order valence-electron chi connectivity index (χ2n) is 6.72. The van der Waals surface area contributed by atoms with E-state index in [1.54, 1.807) is 25.6 Å². The molecule has 1 amide bonds. The molecule has 2 aromatic carbocycles. The number of amides is 1. The SMILES string of the molecule is CCN(CC)S(=O)(=O)c1ccc(C(=O)Nc2nnc(SCc3ccc(C)cc3)s2)cc1. The maximum atomic E-state index is 12.6. The van der Waals surface area contributed by atoms with Crippen molar-refractivity contribution in [2.45, 2.75) is 35.8 Å². The normalized spacial score (nSPS) is 11.6. The summed E-state index contributed by atoms with van der Waals surface area (Å²) in [6.45, 7) is 6.41. The van der Waals surface area contributed by atoms with Crippen LogP contribution in [0.5, 0.6) is 0 Å². The van der Waals surface area contributed by atoms with E-state index in [4.69, 9.17) is 0 Å². The summed E-state index contributed by atoms with van der Waals surface area (Å²) in [6, 6.07) is 14.2. The molecule has 0 bridgehead atoms. The summed E-state index contributed by atoms with van der Waals surface area (Å²) in [5.74, 6) is 0.406. The number of carbonyl (C=O) groups excluding carboxylic acids is 1. The molecule has 1 heterocycles. The quantitative estimate of drug-likeness (QED) is 0.363. The molecular formula is C21H24N4O3S3. The van der Waals surface area contributed by atoms with Gasteiger partial charge in [0.1, 0.15) is 0 Å². The molecule has 3 aromatic rings. The maximum absolute atomic E-state index is 12.6. The van der Waals surface area contributed by atoms with Crippen molar-refractivity contribution in [3.63, 3.8) is 0 Å². The highest BCUT2D eigenvalue weighted by atomic mass is 32.2. The number of benzene rings is 2. The Balaban J connectivity index is 1.61. The van der Waals surface area contributed by atoms with E-state index in [1.165, 1.54) is 51.0 Å². The van der Waals surface area contributed by atoms with Gasteiger partial charge in [0.05, 0.1) is 4.90 Å². The molecule has 31 heavy (non-hydrogen) atoms. The minimum Gasteiger partial charge on any atom is -0.296 e. The van der Waals surface area contributed by atoms with Gasteiger partial charge in [0.2, 0.25) is 15.2 Å². The number of nitrogens with zero attached hydrogens (tertiary/aromatic N) is 3. The third kappa shape index (κ3) is 5.91. The number of aromatic nitrogens is 2. The van der Waals surface area contributed by atoms with Crippen LogP contribution in [0.1, 0.15) is 35.3 Å². The molecule has 0 spiro atoms. The Labute approximate surface area is 191 Å². The smallest absolute Gasteiger partial charge is 0.257 e. The van der Waals surface area contributed by atoms with E-state index in [9.17, 15) is 13.2 Å². The molecule has 1 aromatic heterocycles. The molecule has 0 radical (unpaired) electrons. The van der Waals surface area contributed by atoms with Crippen molar-refractivity contribution < 1.29 is 13.2 Å². The third-order valence-corrected chi connectivity index (χ3v) is 8.68. The number of thioether (sulfide) groups is 1. The molecule has 0 unspecified atom stereocenters. The van der Waals surface area contributed by atoms with Crippen molar-refractivity contribution in [2.24, 2.45) is 0 Å². The summed E-state index contributed by atoms with van der Waals surface area (Å²) in [5, 5.41) is 11.3. The number of carbonyl (C=O) groups is 1. The van der Waals surface area contributed by atoms with Crippen molar-refractivity contribution in [3.8, 4) is 0 Å². The van der Waals surface area contributed by atoms with Crippen molar-refractivity contribution in [2.75, 3.05) is 18.4 Å². The molecule has 0 fully saturated rings. The Kier molecular flexibility index (Phi) is 7.82. The summed E-state index contributed by atoms with van der Waals surface area (Å²) in [7, 11) is -3.55. The van der Waals surface area contributed by atoms with Gasteiger partial charge in [-0.2, -0.15) is 4.31 Å². The van der Waals surface area contributed by atoms with E-state index in [0.717, 1.165) is 10.1 Å². The van der Waals surface area contributed by atoms with Crippen molar-refractivity contribution in [1.82, 2.24) is 14.5 Å². The van der Waals surface area contributed by atoms with Crippen molar-refractivity contribution >= 4 is 44.2 Å². The fraction of sp³-hybridized carbons (Fsp3) is 0.286. The van der Waals surface area contributed by atoms with Gasteiger partial charge in [-0.25, -0.2) is 8.42 Å². The van der Waals surface area contributed by atoms with Crippen LogP contribution in [-0.2, 0) is 15.8 Å². The number of anilines is 1. The molecule has 10 heteroatoms. The predicted octanol–water partition coefficient (Wildman–Crippen LogP) is 4.42. The minimum absolute atomic E-state index is 0.165. The Morgan fingerprint density at radius 3 is 2.29 bits per heavy atom. The largest absolute Gasteiger partial charge is 0.296 e. The van der Waals surface area contributed by atoms with Crippen LogP contribution in [0.2, 0.25) is 0 Å². The second-order valence-corrected chi connectivity index (χ2v) is 10.9. The van der Waals surface area contributed by atoms with E-state index in [-0.39, 0.29) is 10.8 Å². The maximum Gasteiger partial charge on any atom is 0.257 e. The Bertz CT molecular complexity index is 1120. The van der Waals surface area contributed by atoms with Gasteiger partial charge in [0.15, 0.2) is 4.34 Å². The van der Waals surface area contributed by atoms with Crippen LogP contribution >= 0.6 is 23.1 Å². The number of aryl methyl sites for hydroxylation is 1. The van der Waals surface area contributed by atoms with Crippen LogP contribution in [0.3, 0.4) is 0 Å². The lowest BCUT2D eigenvalue weighted by Crippen LogP contribution is -2.30. The van der Waals surface area contributed by atoms with Crippen LogP contribution in [0, 0.1) is 6.92 Å². The molecule has 7 nitrogen and oxygen atoms in total. The zero-order valence-electron chi connectivity index (χ0n) is 17.5. The second kappa shape index (κ2) is 10.4. The molecule has 1 N–H and O–H groups in total. The molecule has 0 aliphatic carbocycles. The van der Waals surface area contributed by atoms with Gasteiger partial charge in [-0.15, -0.1) is 10.2 Å². The zero-order chi connectivity index (χ0) is 22.4. The molecular weight excluding hydrogens is 452 g/mol. The van der Waals surface area contributed by atoms with Gasteiger partial charge in [0, 0.05) is 24.4 Å². The van der Waals surface area contributed by atoms with Crippen LogP contribution in [0.15, 0.2) is 57.8 Å². The third-order valence-electron chi connectivity index (χ3n) is 4.57. The van der Waals surface area contributed by atoms with Gasteiger partial charge in [-0.1, -0.05) is 66.8 Å². The van der Waals surface area contributed by atoms with Crippen LogP contribution < -0.4 is 5.32 Å². The molecule has 0 aliphatic rings. The fourth-order valence-corrected chi connectivity index (χ4v) is 5.97. The first-order valence-corrected chi connectivity index (χ1v) is 13.0. The number of hydrogen-bond acceptors (Lipinski definition) is 7. The van der Waals surface area contributed by atoms with Crippen molar-refractivity contribution in [1.29, 1.82) is 0 Å². The summed E-state index contributed by atoms with van der Waals surface area (Å²) >= 11 is 2.86. The lowest BCUT2D eigenvalue weighted by molar-refractivity contribution is 0.102. The van der Waals surface area contributed by atoms with E-state index < -0.39 is 10.0 Å². The predicted molar refractivity (Wildman–Crippen MR) is 125 cm³/mol. The summed E-state index contributed by atoms with van der Waals surface area (Å²) in [5.41, 5.74) is 2.76. The topological polar surface area (TPSA) is 92.3 Å². The summed E-state index contributed by atoms with van der Waals surface area (Å²) in [6.07, 6.45) is 0. The number of sulfonamides is 1. The Morgan fingerprint density at radius 2 is 1.68 bits per heavy atom. The summed E-state index contributed by atoms with van der Waals surface area (Å²) in [4.78, 5) is 12.7. The van der Waals surface area contributed by atoms with Gasteiger partial charge >= 0.3 is 0 Å². The standard InChI is InChI=1S/C21H24N4O3S3/c1-4-25(5-2)31(27,28)18-12-10-17(11-13-18)19(26)22-20-23-24-21(30-20)29-14-16-8-6-15(3)7-9-16/h6-13H,4-5,14H2,1-3H3,(H,22,23,26). The van der Waals surface area contributed by atoms with Gasteiger partial charge in [-0.3, -0.25) is 10.1 Å². The molecule has 3 rings (SSSR count). The van der Waals surface area contributed by atoms with E-state index in [1.807, 2.05) is 6.92 Å². The Hall–Kier alpha value is -2.27. The van der Waals surface area contributed by atoms with Crippen LogP contribution in [0.4, 0.5) is 5.13 Å². The minimum atomic E-state index is -3.55. The highest BCUT2D eigenvalue weighted by Crippen LogP contribution is 2.28. The van der Waals surface area contributed by atoms with Gasteiger partial charge in [-0.05, 0) is 36.8 Å².